The molecule has 112 valence electrons. The molecule has 2 nitrogen and oxygen atoms in total. The van der Waals surface area contributed by atoms with Gasteiger partial charge in [0.1, 0.15) is 5.82 Å². The quantitative estimate of drug-likeness (QED) is 0.891. The lowest BCUT2D eigenvalue weighted by molar-refractivity contribution is 0.197. The molecule has 1 saturated heterocycles. The molecule has 2 rings (SSSR count). The standard InChI is InChI=1S/C17H27FN2/c1-4-17(5-2)8-9-20(12-17)16(11-19)15-7-6-14(18)10-13(15)3/h6-7,10,16H,4-5,8-9,11-12,19H2,1-3H3. The van der Waals surface area contributed by atoms with Crippen LogP contribution >= 0.6 is 0 Å². The Labute approximate surface area is 122 Å². The van der Waals surface area contributed by atoms with Crippen molar-refractivity contribution in [1.29, 1.82) is 0 Å². The lowest BCUT2D eigenvalue weighted by atomic mass is 9.82. The minimum atomic E-state index is -0.167. The number of aryl methyl sites for hydroxylation is 1. The molecule has 0 bridgehead atoms. The topological polar surface area (TPSA) is 29.3 Å². The SMILES string of the molecule is CCC1(CC)CCN(C(CN)c2ccc(F)cc2C)C1. The first-order chi connectivity index (χ1) is 9.55. The fourth-order valence-electron chi connectivity index (χ4n) is 3.55. The number of likely N-dealkylation sites (tertiary alicyclic amines) is 1. The Hall–Kier alpha value is -0.930. The summed E-state index contributed by atoms with van der Waals surface area (Å²) in [5, 5.41) is 0. The number of hydrogen-bond acceptors (Lipinski definition) is 2. The maximum absolute atomic E-state index is 13.3. The van der Waals surface area contributed by atoms with E-state index in [-0.39, 0.29) is 11.9 Å². The van der Waals surface area contributed by atoms with Crippen LogP contribution in [0.3, 0.4) is 0 Å². The van der Waals surface area contributed by atoms with Crippen molar-refractivity contribution in [3.63, 3.8) is 0 Å². The summed E-state index contributed by atoms with van der Waals surface area (Å²) in [6.07, 6.45) is 3.69. The Morgan fingerprint density at radius 1 is 1.35 bits per heavy atom. The molecule has 1 unspecified atom stereocenters. The van der Waals surface area contributed by atoms with E-state index in [1.807, 2.05) is 13.0 Å². The van der Waals surface area contributed by atoms with Crippen LogP contribution in [0.4, 0.5) is 4.39 Å². The first-order valence-corrected chi connectivity index (χ1v) is 7.75. The summed E-state index contributed by atoms with van der Waals surface area (Å²) in [7, 11) is 0. The zero-order valence-electron chi connectivity index (χ0n) is 13.0. The van der Waals surface area contributed by atoms with Gasteiger partial charge in [-0.1, -0.05) is 19.9 Å². The van der Waals surface area contributed by atoms with Gasteiger partial charge in [0.25, 0.3) is 0 Å². The van der Waals surface area contributed by atoms with Crippen molar-refractivity contribution in [3.8, 4) is 0 Å². The average molecular weight is 278 g/mol. The van der Waals surface area contributed by atoms with Crippen molar-refractivity contribution >= 4 is 0 Å². The number of halogens is 1. The van der Waals surface area contributed by atoms with Gasteiger partial charge < -0.3 is 5.73 Å². The molecule has 2 N–H and O–H groups in total. The van der Waals surface area contributed by atoms with E-state index in [0.29, 0.717) is 12.0 Å². The fraction of sp³-hybridized carbons (Fsp3) is 0.647. The molecule has 0 aliphatic carbocycles. The molecule has 1 heterocycles. The summed E-state index contributed by atoms with van der Waals surface area (Å²) in [6.45, 7) is 9.35. The monoisotopic (exact) mass is 278 g/mol. The first kappa shape index (κ1) is 15.5. The van der Waals surface area contributed by atoms with Crippen LogP contribution in [0, 0.1) is 18.2 Å². The normalized spacial score (nSPS) is 20.2. The van der Waals surface area contributed by atoms with Crippen LogP contribution in [0.5, 0.6) is 0 Å². The molecule has 1 aliphatic rings. The van der Waals surface area contributed by atoms with E-state index in [2.05, 4.69) is 18.7 Å². The Kier molecular flexibility index (Phi) is 4.82. The molecule has 1 aromatic carbocycles. The largest absolute Gasteiger partial charge is 0.329 e. The van der Waals surface area contributed by atoms with Crippen molar-refractivity contribution in [2.75, 3.05) is 19.6 Å². The Morgan fingerprint density at radius 2 is 2.05 bits per heavy atom. The predicted octanol–water partition coefficient (Wildman–Crippen LogP) is 3.65. The van der Waals surface area contributed by atoms with E-state index in [1.54, 1.807) is 12.1 Å². The van der Waals surface area contributed by atoms with Crippen molar-refractivity contribution in [2.24, 2.45) is 11.1 Å². The van der Waals surface area contributed by atoms with Gasteiger partial charge in [0.05, 0.1) is 0 Å². The molecule has 1 fully saturated rings. The van der Waals surface area contributed by atoms with Crippen LogP contribution in [0.15, 0.2) is 18.2 Å². The number of hydrogen-bond donors (Lipinski definition) is 1. The van der Waals surface area contributed by atoms with Crippen LogP contribution in [0.25, 0.3) is 0 Å². The molecule has 20 heavy (non-hydrogen) atoms. The molecule has 3 heteroatoms. The van der Waals surface area contributed by atoms with Crippen molar-refractivity contribution < 1.29 is 4.39 Å². The van der Waals surface area contributed by atoms with E-state index >= 15 is 0 Å². The van der Waals surface area contributed by atoms with Crippen LogP contribution in [-0.2, 0) is 0 Å². The van der Waals surface area contributed by atoms with E-state index in [4.69, 9.17) is 5.73 Å². The van der Waals surface area contributed by atoms with Gasteiger partial charge in [-0.2, -0.15) is 0 Å². The zero-order chi connectivity index (χ0) is 14.8. The van der Waals surface area contributed by atoms with Crippen LogP contribution < -0.4 is 5.73 Å². The number of nitrogens with zero attached hydrogens (tertiary/aromatic N) is 1. The maximum Gasteiger partial charge on any atom is 0.123 e. The molecule has 0 radical (unpaired) electrons. The molecule has 0 spiro atoms. The zero-order valence-corrected chi connectivity index (χ0v) is 13.0. The Balaban J connectivity index is 2.21. The average Bonchev–Trinajstić information content (AvgIpc) is 2.87. The van der Waals surface area contributed by atoms with Crippen molar-refractivity contribution in [3.05, 3.63) is 35.1 Å². The molecule has 0 amide bonds. The Bertz CT molecular complexity index is 454. The Morgan fingerprint density at radius 3 is 2.55 bits per heavy atom. The van der Waals surface area contributed by atoms with Crippen LogP contribution in [0.1, 0.15) is 50.3 Å². The van der Waals surface area contributed by atoms with Gasteiger partial charge in [-0.25, -0.2) is 4.39 Å². The van der Waals surface area contributed by atoms with Crippen molar-refractivity contribution in [1.82, 2.24) is 4.90 Å². The maximum atomic E-state index is 13.3. The van der Waals surface area contributed by atoms with Gasteiger partial charge in [0.15, 0.2) is 0 Å². The number of nitrogens with two attached hydrogens (primary N) is 1. The van der Waals surface area contributed by atoms with Crippen LogP contribution in [0.2, 0.25) is 0 Å². The molecular weight excluding hydrogens is 251 g/mol. The highest BCUT2D eigenvalue weighted by Gasteiger charge is 2.37. The smallest absolute Gasteiger partial charge is 0.123 e. The second-order valence-corrected chi connectivity index (χ2v) is 6.18. The molecule has 1 aromatic rings. The summed E-state index contributed by atoms with van der Waals surface area (Å²) >= 11 is 0. The van der Waals surface area contributed by atoms with E-state index < -0.39 is 0 Å². The van der Waals surface area contributed by atoms with E-state index in [1.165, 1.54) is 24.8 Å². The predicted molar refractivity (Wildman–Crippen MR) is 82.1 cm³/mol. The second kappa shape index (κ2) is 6.23. The minimum Gasteiger partial charge on any atom is -0.329 e. The third-order valence-electron chi connectivity index (χ3n) is 5.22. The van der Waals surface area contributed by atoms with Gasteiger partial charge in [0, 0.05) is 19.1 Å². The lowest BCUT2D eigenvalue weighted by Crippen LogP contribution is -2.34. The number of rotatable bonds is 5. The summed E-state index contributed by atoms with van der Waals surface area (Å²) in [4.78, 5) is 2.49. The first-order valence-electron chi connectivity index (χ1n) is 7.75. The molecule has 0 saturated carbocycles. The highest BCUT2D eigenvalue weighted by molar-refractivity contribution is 5.30. The van der Waals surface area contributed by atoms with Crippen LogP contribution in [-0.4, -0.2) is 24.5 Å². The number of benzene rings is 1. The third-order valence-corrected chi connectivity index (χ3v) is 5.22. The summed E-state index contributed by atoms with van der Waals surface area (Å²) in [5.74, 6) is -0.167. The fourth-order valence-corrected chi connectivity index (χ4v) is 3.55. The third kappa shape index (κ3) is 2.89. The van der Waals surface area contributed by atoms with Crippen molar-refractivity contribution in [2.45, 2.75) is 46.1 Å². The lowest BCUT2D eigenvalue weighted by Gasteiger charge is -2.31. The van der Waals surface area contributed by atoms with Gasteiger partial charge >= 0.3 is 0 Å². The summed E-state index contributed by atoms with van der Waals surface area (Å²) in [6, 6.07) is 5.28. The molecule has 0 aromatic heterocycles. The second-order valence-electron chi connectivity index (χ2n) is 6.18. The van der Waals surface area contributed by atoms with E-state index in [0.717, 1.165) is 18.7 Å². The highest BCUT2D eigenvalue weighted by Crippen LogP contribution is 2.40. The van der Waals surface area contributed by atoms with Gasteiger partial charge in [0.2, 0.25) is 0 Å². The highest BCUT2D eigenvalue weighted by atomic mass is 19.1. The molecule has 1 atom stereocenters. The summed E-state index contributed by atoms with van der Waals surface area (Å²) in [5.41, 5.74) is 8.66. The van der Waals surface area contributed by atoms with E-state index in [9.17, 15) is 4.39 Å². The van der Waals surface area contributed by atoms with Gasteiger partial charge in [-0.05, 0) is 61.4 Å². The summed E-state index contributed by atoms with van der Waals surface area (Å²) < 4.78 is 13.3. The molecule has 1 aliphatic heterocycles. The van der Waals surface area contributed by atoms with Gasteiger partial charge in [-0.15, -0.1) is 0 Å². The molecular formula is C17H27FN2. The minimum absolute atomic E-state index is 0.167. The van der Waals surface area contributed by atoms with Gasteiger partial charge in [-0.3, -0.25) is 4.90 Å².